The van der Waals surface area contributed by atoms with Crippen LogP contribution in [0.2, 0.25) is 0 Å². The highest BCUT2D eigenvalue weighted by Gasteiger charge is 2.23. The number of rotatable bonds is 3. The number of aryl methyl sites for hydroxylation is 1. The monoisotopic (exact) mass is 390 g/mol. The van der Waals surface area contributed by atoms with Crippen molar-refractivity contribution in [2.75, 3.05) is 0 Å². The van der Waals surface area contributed by atoms with Gasteiger partial charge in [0.15, 0.2) is 5.65 Å². The number of hydrogen-bond acceptors (Lipinski definition) is 3. The third kappa shape index (κ3) is 4.19. The minimum atomic E-state index is -0.116. The first-order valence-corrected chi connectivity index (χ1v) is 10.6. The van der Waals surface area contributed by atoms with Crippen molar-refractivity contribution in [2.45, 2.75) is 71.3 Å². The molecule has 1 aliphatic rings. The highest BCUT2D eigenvalue weighted by molar-refractivity contribution is 5.94. The molecule has 5 heteroatoms. The number of carbonyl (C=O) groups excluding carboxylic acids is 1. The van der Waals surface area contributed by atoms with Gasteiger partial charge in [0.05, 0.1) is 11.4 Å². The maximum Gasteiger partial charge on any atom is 0.270 e. The summed E-state index contributed by atoms with van der Waals surface area (Å²) in [6.07, 6.45) is 5.73. The molecule has 2 heterocycles. The summed E-state index contributed by atoms with van der Waals surface area (Å²) >= 11 is 0. The van der Waals surface area contributed by atoms with Crippen molar-refractivity contribution in [3.8, 4) is 11.3 Å². The van der Waals surface area contributed by atoms with Crippen LogP contribution in [0.5, 0.6) is 0 Å². The van der Waals surface area contributed by atoms with E-state index in [9.17, 15) is 4.79 Å². The van der Waals surface area contributed by atoms with E-state index in [-0.39, 0.29) is 17.4 Å². The first-order valence-electron chi connectivity index (χ1n) is 10.6. The third-order valence-corrected chi connectivity index (χ3v) is 5.72. The molecule has 0 bridgehead atoms. The summed E-state index contributed by atoms with van der Waals surface area (Å²) in [5.74, 6) is -0.0683. The number of carbonyl (C=O) groups is 1. The predicted octanol–water partition coefficient (Wildman–Crippen LogP) is 5.06. The molecule has 3 aromatic rings. The van der Waals surface area contributed by atoms with Crippen LogP contribution in [0.3, 0.4) is 0 Å². The van der Waals surface area contributed by atoms with Gasteiger partial charge < -0.3 is 5.32 Å². The van der Waals surface area contributed by atoms with Gasteiger partial charge in [0.1, 0.15) is 5.69 Å². The Morgan fingerprint density at radius 2 is 1.76 bits per heavy atom. The van der Waals surface area contributed by atoms with Crippen LogP contribution in [-0.4, -0.2) is 26.5 Å². The molecule has 0 atom stereocenters. The van der Waals surface area contributed by atoms with E-state index in [0.717, 1.165) is 29.8 Å². The van der Waals surface area contributed by atoms with Crippen LogP contribution in [0.15, 0.2) is 36.4 Å². The Morgan fingerprint density at radius 1 is 1.07 bits per heavy atom. The summed E-state index contributed by atoms with van der Waals surface area (Å²) in [7, 11) is 0. The van der Waals surface area contributed by atoms with Crippen LogP contribution in [0, 0.1) is 6.92 Å². The molecule has 1 fully saturated rings. The Hall–Kier alpha value is -2.69. The molecule has 2 aromatic heterocycles. The van der Waals surface area contributed by atoms with Gasteiger partial charge >= 0.3 is 0 Å². The molecule has 0 unspecified atom stereocenters. The van der Waals surface area contributed by atoms with E-state index >= 15 is 0 Å². The van der Waals surface area contributed by atoms with Gasteiger partial charge in [-0.3, -0.25) is 4.79 Å². The Bertz CT molecular complexity index is 1020. The fraction of sp³-hybridized carbons (Fsp3) is 0.458. The van der Waals surface area contributed by atoms with E-state index in [2.05, 4.69) is 57.3 Å². The molecule has 0 saturated heterocycles. The first-order chi connectivity index (χ1) is 13.8. The Kier molecular flexibility index (Phi) is 5.15. The minimum absolute atomic E-state index is 0.0683. The fourth-order valence-electron chi connectivity index (χ4n) is 3.88. The van der Waals surface area contributed by atoms with Gasteiger partial charge in [-0.2, -0.15) is 5.10 Å². The lowest BCUT2D eigenvalue weighted by molar-refractivity contribution is 0.0920. The Balaban J connectivity index is 1.79. The molecule has 1 amide bonds. The number of nitrogens with zero attached hydrogens (tertiary/aromatic N) is 3. The molecule has 4 rings (SSSR count). The number of aromatic nitrogens is 3. The van der Waals surface area contributed by atoms with E-state index in [1.54, 1.807) is 4.52 Å². The normalized spacial score (nSPS) is 15.6. The van der Waals surface area contributed by atoms with Gasteiger partial charge in [0, 0.05) is 23.1 Å². The average Bonchev–Trinajstić information content (AvgIpc) is 3.13. The molecule has 29 heavy (non-hydrogen) atoms. The maximum atomic E-state index is 13.2. The predicted molar refractivity (Wildman–Crippen MR) is 116 cm³/mol. The van der Waals surface area contributed by atoms with E-state index in [1.807, 2.05) is 12.1 Å². The summed E-state index contributed by atoms with van der Waals surface area (Å²) in [5.41, 5.74) is 5.07. The maximum absolute atomic E-state index is 13.2. The largest absolute Gasteiger partial charge is 0.348 e. The van der Waals surface area contributed by atoms with Crippen molar-refractivity contribution < 1.29 is 4.79 Å². The number of amides is 1. The SMILES string of the molecule is Cc1ccc(-c2cc(C(=O)NC3CCCCC3)n3nc(C(C)(C)C)cc3n2)cc1. The Morgan fingerprint density at radius 3 is 2.41 bits per heavy atom. The van der Waals surface area contributed by atoms with Gasteiger partial charge in [0.2, 0.25) is 0 Å². The lowest BCUT2D eigenvalue weighted by Gasteiger charge is -2.23. The number of nitrogens with one attached hydrogen (secondary N) is 1. The zero-order chi connectivity index (χ0) is 20.6. The molecule has 0 spiro atoms. The van der Waals surface area contributed by atoms with Gasteiger partial charge in [-0.05, 0) is 25.8 Å². The van der Waals surface area contributed by atoms with Crippen LogP contribution in [-0.2, 0) is 5.41 Å². The molecule has 1 N–H and O–H groups in total. The molecular weight excluding hydrogens is 360 g/mol. The third-order valence-electron chi connectivity index (χ3n) is 5.72. The zero-order valence-corrected chi connectivity index (χ0v) is 17.8. The summed E-state index contributed by atoms with van der Waals surface area (Å²) < 4.78 is 1.70. The molecule has 5 nitrogen and oxygen atoms in total. The molecule has 1 aromatic carbocycles. The summed E-state index contributed by atoms with van der Waals surface area (Å²) in [6, 6.07) is 12.4. The molecule has 152 valence electrons. The molecule has 1 aliphatic carbocycles. The summed E-state index contributed by atoms with van der Waals surface area (Å²) in [4.78, 5) is 18.0. The van der Waals surface area contributed by atoms with Crippen LogP contribution < -0.4 is 5.32 Å². The number of hydrogen-bond donors (Lipinski definition) is 1. The molecule has 0 radical (unpaired) electrons. The van der Waals surface area contributed by atoms with Crippen molar-refractivity contribution in [3.05, 3.63) is 53.3 Å². The summed E-state index contributed by atoms with van der Waals surface area (Å²) in [5, 5.41) is 7.98. The van der Waals surface area contributed by atoms with Crippen LogP contribution >= 0.6 is 0 Å². The highest BCUT2D eigenvalue weighted by atomic mass is 16.2. The molecular formula is C24H30N4O. The lowest BCUT2D eigenvalue weighted by atomic mass is 9.93. The Labute approximate surface area is 172 Å². The highest BCUT2D eigenvalue weighted by Crippen LogP contribution is 2.26. The molecule has 0 aliphatic heterocycles. The fourth-order valence-corrected chi connectivity index (χ4v) is 3.88. The number of benzene rings is 1. The van der Waals surface area contributed by atoms with Crippen LogP contribution in [0.1, 0.15) is 74.6 Å². The van der Waals surface area contributed by atoms with E-state index < -0.39 is 0 Å². The second kappa shape index (κ2) is 7.62. The van der Waals surface area contributed by atoms with Gasteiger partial charge in [-0.25, -0.2) is 9.50 Å². The standard InChI is InChI=1S/C24H30N4O/c1-16-10-12-17(13-11-16)19-14-20(23(29)25-18-8-6-5-7-9-18)28-22(26-19)15-21(27-28)24(2,3)4/h10-15,18H,5-9H2,1-4H3,(H,25,29). The topological polar surface area (TPSA) is 59.3 Å². The quantitative estimate of drug-likeness (QED) is 0.680. The average molecular weight is 391 g/mol. The van der Waals surface area contributed by atoms with Crippen molar-refractivity contribution in [1.82, 2.24) is 19.9 Å². The second-order valence-corrected chi connectivity index (χ2v) is 9.25. The van der Waals surface area contributed by atoms with Crippen molar-refractivity contribution in [3.63, 3.8) is 0 Å². The minimum Gasteiger partial charge on any atom is -0.348 e. The van der Waals surface area contributed by atoms with Crippen LogP contribution in [0.4, 0.5) is 0 Å². The van der Waals surface area contributed by atoms with Crippen molar-refractivity contribution in [2.24, 2.45) is 0 Å². The zero-order valence-electron chi connectivity index (χ0n) is 17.8. The van der Waals surface area contributed by atoms with E-state index in [0.29, 0.717) is 11.3 Å². The second-order valence-electron chi connectivity index (χ2n) is 9.25. The van der Waals surface area contributed by atoms with Gasteiger partial charge in [-0.15, -0.1) is 0 Å². The smallest absolute Gasteiger partial charge is 0.270 e. The molecule has 1 saturated carbocycles. The van der Waals surface area contributed by atoms with Gasteiger partial charge in [0.25, 0.3) is 5.91 Å². The lowest BCUT2D eigenvalue weighted by Crippen LogP contribution is -2.37. The van der Waals surface area contributed by atoms with Gasteiger partial charge in [-0.1, -0.05) is 69.9 Å². The van der Waals surface area contributed by atoms with Crippen LogP contribution in [0.25, 0.3) is 16.9 Å². The van der Waals surface area contributed by atoms with Crippen molar-refractivity contribution in [1.29, 1.82) is 0 Å². The van der Waals surface area contributed by atoms with Crippen molar-refractivity contribution >= 4 is 11.6 Å². The van der Waals surface area contributed by atoms with E-state index in [1.165, 1.54) is 24.8 Å². The summed E-state index contributed by atoms with van der Waals surface area (Å²) in [6.45, 7) is 8.43. The first kappa shape index (κ1) is 19.6. The van der Waals surface area contributed by atoms with E-state index in [4.69, 9.17) is 10.1 Å². The number of fused-ring (bicyclic) bond motifs is 1.